The number of piperazine rings is 1. The van der Waals surface area contributed by atoms with Crippen LogP contribution in [0.5, 0.6) is 0 Å². The molecule has 22 heavy (non-hydrogen) atoms. The summed E-state index contributed by atoms with van der Waals surface area (Å²) in [6, 6.07) is 6.62. The van der Waals surface area contributed by atoms with Gasteiger partial charge in [0, 0.05) is 44.7 Å². The lowest BCUT2D eigenvalue weighted by molar-refractivity contribution is 0.264. The van der Waals surface area contributed by atoms with Gasteiger partial charge in [-0.05, 0) is 43.5 Å². The molecule has 1 aromatic heterocycles. The molecule has 0 atom stereocenters. The standard InChI is InChI=1S/C18H26N4/c1-13-4-5-16-14(2)12-17(20-18(16)15(13)3)22-10-8-21(7-6-19)9-11-22/h4-5,12H,6-11,19H2,1-3H3. The number of nitrogens with two attached hydrogens (primary N) is 1. The largest absolute Gasteiger partial charge is 0.354 e. The minimum atomic E-state index is 0.742. The molecular formula is C18H26N4. The average Bonchev–Trinajstić information content (AvgIpc) is 2.52. The SMILES string of the molecule is Cc1ccc2c(C)cc(N3CCN(CCN)CC3)nc2c1C. The van der Waals surface area contributed by atoms with Gasteiger partial charge in [-0.2, -0.15) is 0 Å². The maximum Gasteiger partial charge on any atom is 0.129 e. The maximum atomic E-state index is 5.65. The third kappa shape index (κ3) is 2.81. The van der Waals surface area contributed by atoms with Gasteiger partial charge < -0.3 is 10.6 Å². The molecule has 1 fully saturated rings. The molecule has 1 saturated heterocycles. The van der Waals surface area contributed by atoms with Crippen molar-refractivity contribution in [1.82, 2.24) is 9.88 Å². The minimum Gasteiger partial charge on any atom is -0.354 e. The average molecular weight is 298 g/mol. The number of hydrogen-bond donors (Lipinski definition) is 1. The second kappa shape index (κ2) is 6.23. The number of benzene rings is 1. The molecule has 0 amide bonds. The van der Waals surface area contributed by atoms with Gasteiger partial charge in [0.1, 0.15) is 5.82 Å². The summed E-state index contributed by atoms with van der Waals surface area (Å²) < 4.78 is 0. The van der Waals surface area contributed by atoms with Gasteiger partial charge in [0.25, 0.3) is 0 Å². The summed E-state index contributed by atoms with van der Waals surface area (Å²) in [4.78, 5) is 9.81. The first kappa shape index (κ1) is 15.3. The molecular weight excluding hydrogens is 272 g/mol. The number of aromatic nitrogens is 1. The van der Waals surface area contributed by atoms with E-state index >= 15 is 0 Å². The quantitative estimate of drug-likeness (QED) is 0.944. The molecule has 0 bridgehead atoms. The lowest BCUT2D eigenvalue weighted by Crippen LogP contribution is -2.48. The minimum absolute atomic E-state index is 0.742. The number of nitrogens with zero attached hydrogens (tertiary/aromatic N) is 3. The first-order valence-corrected chi connectivity index (χ1v) is 8.15. The highest BCUT2D eigenvalue weighted by Crippen LogP contribution is 2.27. The van der Waals surface area contributed by atoms with E-state index in [9.17, 15) is 0 Å². The van der Waals surface area contributed by atoms with E-state index in [0.717, 1.165) is 50.6 Å². The van der Waals surface area contributed by atoms with Crippen LogP contribution in [0.15, 0.2) is 18.2 Å². The van der Waals surface area contributed by atoms with Crippen LogP contribution in [0.3, 0.4) is 0 Å². The third-order valence-electron chi connectivity index (χ3n) is 4.84. The van der Waals surface area contributed by atoms with E-state index in [1.807, 2.05) is 0 Å². The van der Waals surface area contributed by atoms with Gasteiger partial charge in [-0.1, -0.05) is 12.1 Å². The summed E-state index contributed by atoms with van der Waals surface area (Å²) in [6.45, 7) is 12.5. The maximum absolute atomic E-state index is 5.65. The van der Waals surface area contributed by atoms with Gasteiger partial charge in [0.05, 0.1) is 5.52 Å². The molecule has 2 heterocycles. The van der Waals surface area contributed by atoms with Gasteiger partial charge in [0.2, 0.25) is 0 Å². The molecule has 118 valence electrons. The van der Waals surface area contributed by atoms with Crippen molar-refractivity contribution in [2.24, 2.45) is 5.73 Å². The van der Waals surface area contributed by atoms with E-state index < -0.39 is 0 Å². The molecule has 1 aromatic carbocycles. The molecule has 0 radical (unpaired) electrons. The fraction of sp³-hybridized carbons (Fsp3) is 0.500. The number of rotatable bonds is 3. The van der Waals surface area contributed by atoms with Crippen molar-refractivity contribution in [2.75, 3.05) is 44.2 Å². The van der Waals surface area contributed by atoms with Crippen LogP contribution >= 0.6 is 0 Å². The fourth-order valence-electron chi connectivity index (χ4n) is 3.23. The van der Waals surface area contributed by atoms with Crippen molar-refractivity contribution in [1.29, 1.82) is 0 Å². The van der Waals surface area contributed by atoms with Crippen LogP contribution in [0.2, 0.25) is 0 Å². The Kier molecular flexibility index (Phi) is 4.32. The van der Waals surface area contributed by atoms with E-state index in [2.05, 4.69) is 48.8 Å². The highest BCUT2D eigenvalue weighted by molar-refractivity contribution is 5.87. The normalized spacial score (nSPS) is 16.5. The molecule has 1 aliphatic heterocycles. The number of hydrogen-bond acceptors (Lipinski definition) is 4. The van der Waals surface area contributed by atoms with Crippen LogP contribution < -0.4 is 10.6 Å². The van der Waals surface area contributed by atoms with Crippen LogP contribution in [-0.4, -0.2) is 49.2 Å². The first-order valence-electron chi connectivity index (χ1n) is 8.15. The summed E-state index contributed by atoms with van der Waals surface area (Å²) in [5, 5.41) is 1.27. The van der Waals surface area contributed by atoms with E-state index in [-0.39, 0.29) is 0 Å². The second-order valence-corrected chi connectivity index (χ2v) is 6.32. The van der Waals surface area contributed by atoms with Crippen molar-refractivity contribution in [3.63, 3.8) is 0 Å². The molecule has 1 aliphatic rings. The third-order valence-corrected chi connectivity index (χ3v) is 4.84. The molecule has 0 unspecified atom stereocenters. The first-order chi connectivity index (χ1) is 10.6. The zero-order chi connectivity index (χ0) is 15.7. The Hall–Kier alpha value is -1.65. The smallest absolute Gasteiger partial charge is 0.129 e. The molecule has 4 nitrogen and oxygen atoms in total. The van der Waals surface area contributed by atoms with Crippen LogP contribution in [-0.2, 0) is 0 Å². The Morgan fingerprint density at radius 3 is 2.45 bits per heavy atom. The lowest BCUT2D eigenvalue weighted by atomic mass is 10.0. The van der Waals surface area contributed by atoms with E-state index in [0.29, 0.717) is 0 Å². The number of aryl methyl sites for hydroxylation is 3. The predicted octanol–water partition coefficient (Wildman–Crippen LogP) is 2.24. The topological polar surface area (TPSA) is 45.4 Å². The Morgan fingerprint density at radius 1 is 1.05 bits per heavy atom. The van der Waals surface area contributed by atoms with Crippen LogP contribution in [0.4, 0.5) is 5.82 Å². The molecule has 3 rings (SSSR count). The number of fused-ring (bicyclic) bond motifs is 1. The molecule has 0 aliphatic carbocycles. The van der Waals surface area contributed by atoms with Crippen LogP contribution in [0, 0.1) is 20.8 Å². The van der Waals surface area contributed by atoms with Gasteiger partial charge in [0.15, 0.2) is 0 Å². The zero-order valence-electron chi connectivity index (χ0n) is 13.9. The Labute approximate surface area is 132 Å². The van der Waals surface area contributed by atoms with Gasteiger partial charge in [-0.15, -0.1) is 0 Å². The molecule has 4 heteroatoms. The highest BCUT2D eigenvalue weighted by atomic mass is 15.3. The van der Waals surface area contributed by atoms with Crippen LogP contribution in [0.25, 0.3) is 10.9 Å². The molecule has 0 spiro atoms. The van der Waals surface area contributed by atoms with Gasteiger partial charge in [-0.3, -0.25) is 4.90 Å². The van der Waals surface area contributed by atoms with Gasteiger partial charge in [-0.25, -0.2) is 4.98 Å². The fourth-order valence-corrected chi connectivity index (χ4v) is 3.23. The Morgan fingerprint density at radius 2 is 1.77 bits per heavy atom. The number of anilines is 1. The Balaban J connectivity index is 1.90. The van der Waals surface area contributed by atoms with E-state index in [4.69, 9.17) is 10.7 Å². The summed E-state index contributed by atoms with van der Waals surface area (Å²) >= 11 is 0. The Bertz CT molecular complexity index is 672. The van der Waals surface area contributed by atoms with Crippen molar-refractivity contribution in [3.05, 3.63) is 34.9 Å². The van der Waals surface area contributed by atoms with Crippen molar-refractivity contribution < 1.29 is 0 Å². The monoisotopic (exact) mass is 298 g/mol. The summed E-state index contributed by atoms with van der Waals surface area (Å²) in [5.41, 5.74) is 10.7. The second-order valence-electron chi connectivity index (χ2n) is 6.32. The molecule has 2 N–H and O–H groups in total. The van der Waals surface area contributed by atoms with Gasteiger partial charge >= 0.3 is 0 Å². The summed E-state index contributed by atoms with van der Waals surface area (Å²) in [5.74, 6) is 1.12. The molecule has 2 aromatic rings. The lowest BCUT2D eigenvalue weighted by Gasteiger charge is -2.35. The predicted molar refractivity (Wildman–Crippen MR) is 93.7 cm³/mol. The van der Waals surface area contributed by atoms with Crippen molar-refractivity contribution >= 4 is 16.7 Å². The van der Waals surface area contributed by atoms with E-state index in [1.54, 1.807) is 0 Å². The zero-order valence-corrected chi connectivity index (χ0v) is 13.9. The van der Waals surface area contributed by atoms with Crippen LogP contribution in [0.1, 0.15) is 16.7 Å². The molecule has 0 saturated carbocycles. The van der Waals surface area contributed by atoms with E-state index in [1.165, 1.54) is 22.1 Å². The highest BCUT2D eigenvalue weighted by Gasteiger charge is 2.18. The number of pyridine rings is 1. The summed E-state index contributed by atoms with van der Waals surface area (Å²) in [6.07, 6.45) is 0. The van der Waals surface area contributed by atoms with Crippen molar-refractivity contribution in [3.8, 4) is 0 Å². The summed E-state index contributed by atoms with van der Waals surface area (Å²) in [7, 11) is 0. The van der Waals surface area contributed by atoms with Crippen molar-refractivity contribution in [2.45, 2.75) is 20.8 Å².